The highest BCUT2D eigenvalue weighted by molar-refractivity contribution is 6.09. The normalized spacial score (nSPS) is 16.8. The van der Waals surface area contributed by atoms with Gasteiger partial charge >= 0.3 is 6.18 Å². The maximum Gasteiger partial charge on any atom is 0.451 e. The summed E-state index contributed by atoms with van der Waals surface area (Å²) in [5.74, 6) is -3.55. The number of anilines is 2. The first kappa shape index (κ1) is 18.4. The number of halogens is 3. The monoisotopic (exact) mass is 382 g/mol. The van der Waals surface area contributed by atoms with Crippen LogP contribution in [0.3, 0.4) is 0 Å². The van der Waals surface area contributed by atoms with Gasteiger partial charge in [-0.1, -0.05) is 12.1 Å². The number of H-pyrrole nitrogens is 1. The third-order valence-corrected chi connectivity index (χ3v) is 3.72. The third kappa shape index (κ3) is 4.22. The van der Waals surface area contributed by atoms with Crippen LogP contribution in [0.4, 0.5) is 24.8 Å². The summed E-state index contributed by atoms with van der Waals surface area (Å²) in [5.41, 5.74) is 0.644. The molecule has 0 aliphatic carbocycles. The average molecular weight is 382 g/mol. The zero-order valence-corrected chi connectivity index (χ0v) is 13.6. The lowest BCUT2D eigenvalue weighted by Gasteiger charge is -2.13. The fraction of sp³-hybridized carbons (Fsp3) is 0.267. The molecule has 0 saturated heterocycles. The molecule has 0 radical (unpaired) electrons. The largest absolute Gasteiger partial charge is 0.451 e. The Balaban J connectivity index is 1.58. The van der Waals surface area contributed by atoms with Gasteiger partial charge in [0.05, 0.1) is 11.3 Å². The van der Waals surface area contributed by atoms with Crippen molar-refractivity contribution in [2.75, 3.05) is 10.6 Å². The summed E-state index contributed by atoms with van der Waals surface area (Å²) in [6, 6.07) is 5.44. The Bertz CT molecular complexity index is 895. The smallest absolute Gasteiger partial charge is 0.340 e. The molecular formula is C15H13F3N6O3. The first-order valence-corrected chi connectivity index (χ1v) is 7.74. The lowest BCUT2D eigenvalue weighted by molar-refractivity contribution is -0.144. The van der Waals surface area contributed by atoms with Gasteiger partial charge in [-0.05, 0) is 18.6 Å². The summed E-state index contributed by atoms with van der Waals surface area (Å²) >= 11 is 0. The number of amides is 3. The minimum absolute atomic E-state index is 0.0616. The Labute approximate surface area is 149 Å². The standard InChI is InChI=1S/C15H13F3N6O3/c16-15(17,18)13-22-14(24-23-13)21-10(25)6-5-9-12(27)19-8-4-2-1-3-7(8)11(26)20-9/h1-4,9H,5-6H2,(H,19,27)(H,20,26)(H2,21,22,23,24,25). The van der Waals surface area contributed by atoms with Crippen LogP contribution in [0.5, 0.6) is 0 Å². The molecule has 2 aromatic rings. The lowest BCUT2D eigenvalue weighted by atomic mass is 10.1. The van der Waals surface area contributed by atoms with Crippen molar-refractivity contribution in [2.24, 2.45) is 0 Å². The molecule has 1 atom stereocenters. The molecule has 1 aliphatic rings. The molecule has 0 bridgehead atoms. The van der Waals surface area contributed by atoms with Gasteiger partial charge in [0, 0.05) is 6.42 Å². The highest BCUT2D eigenvalue weighted by Gasteiger charge is 2.35. The zero-order valence-electron chi connectivity index (χ0n) is 13.6. The second-order valence-corrected chi connectivity index (χ2v) is 5.65. The van der Waals surface area contributed by atoms with Crippen molar-refractivity contribution in [1.82, 2.24) is 20.5 Å². The van der Waals surface area contributed by atoms with Crippen molar-refractivity contribution in [2.45, 2.75) is 25.1 Å². The van der Waals surface area contributed by atoms with Crippen molar-refractivity contribution >= 4 is 29.4 Å². The van der Waals surface area contributed by atoms with Gasteiger partial charge in [0.15, 0.2) is 0 Å². The van der Waals surface area contributed by atoms with E-state index in [0.29, 0.717) is 11.3 Å². The number of carbonyl (C=O) groups excluding carboxylic acids is 3. The molecule has 1 aromatic carbocycles. The van der Waals surface area contributed by atoms with Crippen molar-refractivity contribution < 1.29 is 27.6 Å². The Kier molecular flexibility index (Phi) is 4.79. The molecule has 142 valence electrons. The van der Waals surface area contributed by atoms with Gasteiger partial charge in [-0.15, -0.1) is 5.10 Å². The van der Waals surface area contributed by atoms with Gasteiger partial charge in [-0.3, -0.25) is 24.8 Å². The Morgan fingerprint density at radius 1 is 1.22 bits per heavy atom. The summed E-state index contributed by atoms with van der Waals surface area (Å²) in [7, 11) is 0. The molecule has 12 heteroatoms. The lowest BCUT2D eigenvalue weighted by Crippen LogP contribution is -2.41. The van der Waals surface area contributed by atoms with Gasteiger partial charge in [-0.2, -0.15) is 18.2 Å². The number of fused-ring (bicyclic) bond motifs is 1. The Hall–Kier alpha value is -3.44. The molecule has 3 rings (SSSR count). The molecule has 4 N–H and O–H groups in total. The van der Waals surface area contributed by atoms with E-state index in [9.17, 15) is 27.6 Å². The SMILES string of the molecule is O=C(CCC1NC(=O)c2ccccc2NC1=O)Nc1n[nH]c(C(F)(F)F)n1. The molecule has 27 heavy (non-hydrogen) atoms. The minimum Gasteiger partial charge on any atom is -0.340 e. The number of aromatic nitrogens is 3. The number of nitrogens with zero attached hydrogens (tertiary/aromatic N) is 2. The number of hydrogen-bond donors (Lipinski definition) is 4. The van der Waals surface area contributed by atoms with Crippen LogP contribution in [0.25, 0.3) is 0 Å². The van der Waals surface area contributed by atoms with Gasteiger partial charge in [0.1, 0.15) is 6.04 Å². The zero-order chi connectivity index (χ0) is 19.6. The van der Waals surface area contributed by atoms with E-state index in [0.717, 1.165) is 0 Å². The van der Waals surface area contributed by atoms with E-state index >= 15 is 0 Å². The molecule has 1 aliphatic heterocycles. The summed E-state index contributed by atoms with van der Waals surface area (Å²) in [5, 5.41) is 12.1. The summed E-state index contributed by atoms with van der Waals surface area (Å²) in [6.45, 7) is 0. The first-order chi connectivity index (χ1) is 12.7. The number of alkyl halides is 3. The van der Waals surface area contributed by atoms with Gasteiger partial charge < -0.3 is 10.6 Å². The van der Waals surface area contributed by atoms with Crippen molar-refractivity contribution in [3.8, 4) is 0 Å². The summed E-state index contributed by atoms with van der Waals surface area (Å²) < 4.78 is 37.3. The van der Waals surface area contributed by atoms with Crippen molar-refractivity contribution in [3.63, 3.8) is 0 Å². The number of carbonyl (C=O) groups is 3. The highest BCUT2D eigenvalue weighted by Crippen LogP contribution is 2.26. The predicted molar refractivity (Wildman–Crippen MR) is 85.6 cm³/mol. The van der Waals surface area contributed by atoms with Crippen LogP contribution in [0.2, 0.25) is 0 Å². The van der Waals surface area contributed by atoms with E-state index in [1.807, 2.05) is 0 Å². The topological polar surface area (TPSA) is 129 Å². The molecule has 0 saturated carbocycles. The van der Waals surface area contributed by atoms with Crippen LogP contribution in [-0.2, 0) is 15.8 Å². The number of hydrogen-bond acceptors (Lipinski definition) is 5. The molecule has 1 aromatic heterocycles. The van der Waals surface area contributed by atoms with E-state index in [4.69, 9.17) is 0 Å². The van der Waals surface area contributed by atoms with Crippen LogP contribution < -0.4 is 16.0 Å². The van der Waals surface area contributed by atoms with E-state index in [1.54, 1.807) is 29.4 Å². The van der Waals surface area contributed by atoms with Gasteiger partial charge in [0.2, 0.25) is 23.6 Å². The molecule has 2 heterocycles. The second kappa shape index (κ2) is 7.05. The van der Waals surface area contributed by atoms with E-state index < -0.39 is 41.7 Å². The quantitative estimate of drug-likeness (QED) is 0.633. The van der Waals surface area contributed by atoms with Crippen LogP contribution in [0.1, 0.15) is 29.0 Å². The van der Waals surface area contributed by atoms with Crippen LogP contribution in [0.15, 0.2) is 24.3 Å². The summed E-state index contributed by atoms with van der Waals surface area (Å²) in [4.78, 5) is 39.3. The number of aromatic amines is 1. The van der Waals surface area contributed by atoms with Gasteiger partial charge in [-0.25, -0.2) is 0 Å². The van der Waals surface area contributed by atoms with E-state index in [1.165, 1.54) is 0 Å². The number of rotatable bonds is 4. The maximum atomic E-state index is 12.4. The average Bonchev–Trinajstić information content (AvgIpc) is 3.03. The maximum absolute atomic E-state index is 12.4. The first-order valence-electron chi connectivity index (χ1n) is 7.74. The molecule has 0 spiro atoms. The summed E-state index contributed by atoms with van der Waals surface area (Å²) in [6.07, 6.45) is -5.02. The molecule has 3 amide bonds. The Morgan fingerprint density at radius 2 is 1.96 bits per heavy atom. The molecular weight excluding hydrogens is 369 g/mol. The highest BCUT2D eigenvalue weighted by atomic mass is 19.4. The van der Waals surface area contributed by atoms with Crippen LogP contribution in [0, 0.1) is 0 Å². The molecule has 1 unspecified atom stereocenters. The van der Waals surface area contributed by atoms with E-state index in [2.05, 4.69) is 26.0 Å². The van der Waals surface area contributed by atoms with Gasteiger partial charge in [0.25, 0.3) is 5.91 Å². The third-order valence-electron chi connectivity index (χ3n) is 3.72. The second-order valence-electron chi connectivity index (χ2n) is 5.65. The van der Waals surface area contributed by atoms with Crippen LogP contribution >= 0.6 is 0 Å². The van der Waals surface area contributed by atoms with E-state index in [-0.39, 0.29) is 12.8 Å². The fourth-order valence-corrected chi connectivity index (χ4v) is 2.42. The fourth-order valence-electron chi connectivity index (χ4n) is 2.42. The predicted octanol–water partition coefficient (Wildman–Crippen LogP) is 1.29. The number of nitrogens with one attached hydrogen (secondary N) is 4. The minimum atomic E-state index is -4.71. The molecule has 0 fully saturated rings. The Morgan fingerprint density at radius 3 is 2.67 bits per heavy atom. The van der Waals surface area contributed by atoms with Crippen molar-refractivity contribution in [1.29, 1.82) is 0 Å². The number of para-hydroxylation sites is 1. The number of benzene rings is 1. The molecule has 9 nitrogen and oxygen atoms in total. The van der Waals surface area contributed by atoms with Crippen molar-refractivity contribution in [3.05, 3.63) is 35.7 Å². The van der Waals surface area contributed by atoms with Crippen LogP contribution in [-0.4, -0.2) is 38.9 Å².